The molecule has 0 saturated carbocycles. The number of halogens is 1. The number of nitrogens with zero attached hydrogens (tertiary/aromatic N) is 1. The van der Waals surface area contributed by atoms with Crippen LogP contribution in [0.4, 0.5) is 16.2 Å². The highest BCUT2D eigenvalue weighted by Crippen LogP contribution is 2.30. The van der Waals surface area contributed by atoms with Gasteiger partial charge in [0, 0.05) is 12.1 Å². The van der Waals surface area contributed by atoms with Gasteiger partial charge in [0.1, 0.15) is 18.0 Å². The Kier molecular flexibility index (Phi) is 3.39. The lowest BCUT2D eigenvalue weighted by Gasteiger charge is -2.13. The van der Waals surface area contributed by atoms with Crippen LogP contribution < -0.4 is 23.0 Å². The molecule has 2 rings (SSSR count). The van der Waals surface area contributed by atoms with E-state index in [4.69, 9.17) is 4.74 Å². The van der Waals surface area contributed by atoms with Crippen molar-refractivity contribution >= 4 is 17.5 Å². The SMILES string of the molecule is [Cl-].[NH3+]c1ccc(N2CCOC2=O)c(O)c1. The van der Waals surface area contributed by atoms with Gasteiger partial charge in [-0.3, -0.25) is 4.90 Å². The van der Waals surface area contributed by atoms with Gasteiger partial charge in [-0.1, -0.05) is 0 Å². The summed E-state index contributed by atoms with van der Waals surface area (Å²) < 4.78 is 4.77. The van der Waals surface area contributed by atoms with Gasteiger partial charge in [-0.05, 0) is 6.07 Å². The Balaban J connectivity index is 0.00000112. The fourth-order valence-electron chi connectivity index (χ4n) is 1.41. The van der Waals surface area contributed by atoms with Gasteiger partial charge in [-0.25, -0.2) is 4.79 Å². The van der Waals surface area contributed by atoms with E-state index in [1.54, 1.807) is 12.1 Å². The molecule has 4 N–H and O–H groups in total. The molecule has 0 radical (unpaired) electrons. The number of hydrogen-bond acceptors (Lipinski definition) is 3. The molecule has 0 spiro atoms. The van der Waals surface area contributed by atoms with Gasteiger partial charge in [-0.15, -0.1) is 0 Å². The van der Waals surface area contributed by atoms with Crippen molar-refractivity contribution in [1.29, 1.82) is 0 Å². The summed E-state index contributed by atoms with van der Waals surface area (Å²) in [6.45, 7) is 0.841. The highest BCUT2D eigenvalue weighted by Gasteiger charge is 2.25. The first-order chi connectivity index (χ1) is 6.68. The van der Waals surface area contributed by atoms with Gasteiger partial charge >= 0.3 is 6.09 Å². The Bertz CT molecular complexity index is 384. The Morgan fingerprint density at radius 1 is 1.47 bits per heavy atom. The van der Waals surface area contributed by atoms with Crippen molar-refractivity contribution in [2.75, 3.05) is 18.1 Å². The summed E-state index contributed by atoms with van der Waals surface area (Å²) in [6.07, 6.45) is -0.419. The van der Waals surface area contributed by atoms with Gasteiger partial charge < -0.3 is 28.0 Å². The number of phenolic OH excluding ortho intramolecular Hbond substituents is 1. The normalized spacial score (nSPS) is 14.7. The minimum Gasteiger partial charge on any atom is -1.00 e. The minimum atomic E-state index is -0.419. The molecular formula is C9H11ClN2O3. The maximum atomic E-state index is 11.2. The zero-order valence-corrected chi connectivity index (χ0v) is 8.70. The van der Waals surface area contributed by atoms with Crippen LogP contribution in [0.1, 0.15) is 0 Å². The first-order valence-corrected chi connectivity index (χ1v) is 4.28. The number of hydrogen-bond donors (Lipinski definition) is 2. The molecule has 0 atom stereocenters. The van der Waals surface area contributed by atoms with Crippen molar-refractivity contribution in [3.05, 3.63) is 18.2 Å². The molecular weight excluding hydrogens is 220 g/mol. The summed E-state index contributed by atoms with van der Waals surface area (Å²) >= 11 is 0. The number of carbonyl (C=O) groups excluding carboxylic acids is 1. The molecule has 5 nitrogen and oxygen atoms in total. The number of anilines is 1. The predicted octanol–water partition coefficient (Wildman–Crippen LogP) is -2.77. The smallest absolute Gasteiger partial charge is 0.414 e. The van der Waals surface area contributed by atoms with Crippen LogP contribution in [0.15, 0.2) is 18.2 Å². The van der Waals surface area contributed by atoms with E-state index >= 15 is 0 Å². The monoisotopic (exact) mass is 230 g/mol. The number of carbonyl (C=O) groups is 1. The van der Waals surface area contributed by atoms with Crippen molar-refractivity contribution < 1.29 is 32.8 Å². The summed E-state index contributed by atoms with van der Waals surface area (Å²) in [4.78, 5) is 12.6. The van der Waals surface area contributed by atoms with Gasteiger partial charge in [0.25, 0.3) is 0 Å². The molecule has 1 aliphatic heterocycles. The van der Waals surface area contributed by atoms with Gasteiger partial charge in [-0.2, -0.15) is 0 Å². The van der Waals surface area contributed by atoms with E-state index in [1.807, 2.05) is 0 Å². The van der Waals surface area contributed by atoms with E-state index in [9.17, 15) is 9.90 Å². The number of phenols is 1. The van der Waals surface area contributed by atoms with Gasteiger partial charge in [0.05, 0.1) is 12.2 Å². The van der Waals surface area contributed by atoms with Crippen LogP contribution in [0.2, 0.25) is 0 Å². The molecule has 1 amide bonds. The Morgan fingerprint density at radius 2 is 2.20 bits per heavy atom. The standard InChI is InChI=1S/C9H10N2O3.ClH/c10-6-1-2-7(8(12)5-6)11-3-4-14-9(11)13;/h1-2,5,12H,3-4,10H2;1H. The molecule has 0 aliphatic carbocycles. The zero-order chi connectivity index (χ0) is 10.1. The highest BCUT2D eigenvalue weighted by atomic mass is 35.5. The molecule has 82 valence electrons. The molecule has 1 aromatic rings. The van der Waals surface area contributed by atoms with Crippen LogP contribution in [0.3, 0.4) is 0 Å². The average Bonchev–Trinajstić information content (AvgIpc) is 2.52. The molecule has 1 fully saturated rings. The second kappa shape index (κ2) is 4.37. The largest absolute Gasteiger partial charge is 1.00 e. The molecule has 15 heavy (non-hydrogen) atoms. The van der Waals surface area contributed by atoms with Gasteiger partial charge in [0.15, 0.2) is 0 Å². The molecule has 0 bridgehead atoms. The zero-order valence-electron chi connectivity index (χ0n) is 7.94. The van der Waals surface area contributed by atoms with E-state index in [2.05, 4.69) is 5.73 Å². The van der Waals surface area contributed by atoms with E-state index < -0.39 is 6.09 Å². The Labute approximate surface area is 92.8 Å². The van der Waals surface area contributed by atoms with Crippen molar-refractivity contribution in [3.8, 4) is 5.75 Å². The third-order valence-corrected chi connectivity index (χ3v) is 2.09. The van der Waals surface area contributed by atoms with Crippen molar-refractivity contribution in [1.82, 2.24) is 0 Å². The topological polar surface area (TPSA) is 77.4 Å². The quantitative estimate of drug-likeness (QED) is 0.548. The first kappa shape index (κ1) is 11.6. The first-order valence-electron chi connectivity index (χ1n) is 4.28. The Morgan fingerprint density at radius 3 is 2.73 bits per heavy atom. The summed E-state index contributed by atoms with van der Waals surface area (Å²) in [7, 11) is 0. The van der Waals surface area contributed by atoms with Crippen molar-refractivity contribution in [2.45, 2.75) is 0 Å². The lowest BCUT2D eigenvalue weighted by Crippen LogP contribution is -3.00. The van der Waals surface area contributed by atoms with Crippen LogP contribution >= 0.6 is 0 Å². The second-order valence-electron chi connectivity index (χ2n) is 3.09. The number of aromatic hydroxyl groups is 1. The van der Waals surface area contributed by atoms with Crippen LogP contribution in [-0.2, 0) is 4.74 Å². The number of amides is 1. The van der Waals surface area contributed by atoms with E-state index in [1.165, 1.54) is 11.0 Å². The van der Waals surface area contributed by atoms with Crippen LogP contribution in [-0.4, -0.2) is 24.4 Å². The number of quaternary nitrogens is 1. The van der Waals surface area contributed by atoms with Crippen LogP contribution in [0.5, 0.6) is 5.75 Å². The summed E-state index contributed by atoms with van der Waals surface area (Å²) in [5.74, 6) is 0.0522. The number of ether oxygens (including phenoxy) is 1. The number of cyclic esters (lactones) is 1. The number of benzene rings is 1. The second-order valence-corrected chi connectivity index (χ2v) is 3.09. The lowest BCUT2D eigenvalue weighted by molar-refractivity contribution is -0.254. The molecule has 1 saturated heterocycles. The predicted molar refractivity (Wildman–Crippen MR) is 49.3 cm³/mol. The number of rotatable bonds is 1. The molecule has 0 unspecified atom stereocenters. The molecule has 1 aliphatic rings. The molecule has 1 heterocycles. The summed E-state index contributed by atoms with van der Waals surface area (Å²) in [5, 5.41) is 9.58. The molecule has 1 aromatic carbocycles. The van der Waals surface area contributed by atoms with Crippen molar-refractivity contribution in [3.63, 3.8) is 0 Å². The third-order valence-electron chi connectivity index (χ3n) is 2.09. The fraction of sp³-hybridized carbons (Fsp3) is 0.222. The van der Waals surface area contributed by atoms with Gasteiger partial charge in [0.2, 0.25) is 0 Å². The average molecular weight is 231 g/mol. The fourth-order valence-corrected chi connectivity index (χ4v) is 1.41. The van der Waals surface area contributed by atoms with Crippen molar-refractivity contribution in [2.24, 2.45) is 0 Å². The molecule has 6 heteroatoms. The van der Waals surface area contributed by atoms with Crippen LogP contribution in [0.25, 0.3) is 0 Å². The highest BCUT2D eigenvalue weighted by molar-refractivity contribution is 5.91. The Hall–Kier alpha value is -1.46. The maximum absolute atomic E-state index is 11.2. The van der Waals surface area contributed by atoms with E-state index in [0.29, 0.717) is 24.5 Å². The maximum Gasteiger partial charge on any atom is 0.414 e. The van der Waals surface area contributed by atoms with Crippen LogP contribution in [0, 0.1) is 0 Å². The third kappa shape index (κ3) is 2.14. The van der Waals surface area contributed by atoms with E-state index in [0.717, 1.165) is 0 Å². The molecule has 0 aromatic heterocycles. The lowest BCUT2D eigenvalue weighted by atomic mass is 10.2. The summed E-state index contributed by atoms with van der Waals surface area (Å²) in [5.41, 5.74) is 4.85. The minimum absolute atomic E-state index is 0. The van der Waals surface area contributed by atoms with E-state index in [-0.39, 0.29) is 18.2 Å². The summed E-state index contributed by atoms with van der Waals surface area (Å²) in [6, 6.07) is 4.91.